The number of rotatable bonds is 8. The van der Waals surface area contributed by atoms with E-state index in [0.29, 0.717) is 17.0 Å². The van der Waals surface area contributed by atoms with E-state index in [1.165, 1.54) is 4.90 Å². The molecule has 1 N–H and O–H groups in total. The van der Waals surface area contributed by atoms with Gasteiger partial charge in [0, 0.05) is 25.3 Å². The molecule has 0 unspecified atom stereocenters. The normalized spacial score (nSPS) is 10.1. The largest absolute Gasteiger partial charge is 0.493 e. The summed E-state index contributed by atoms with van der Waals surface area (Å²) in [6.07, 6.45) is 0.0441. The summed E-state index contributed by atoms with van der Waals surface area (Å²) in [7, 11) is 3.33. The van der Waals surface area contributed by atoms with Crippen LogP contribution in [0.3, 0.4) is 0 Å². The van der Waals surface area contributed by atoms with Crippen molar-refractivity contribution in [3.63, 3.8) is 0 Å². The molecule has 7 nitrogen and oxygen atoms in total. The minimum absolute atomic E-state index is 0.0441. The maximum atomic E-state index is 11.9. The first-order valence-electron chi connectivity index (χ1n) is 8.82. The first-order valence-corrected chi connectivity index (χ1v) is 8.82. The maximum absolute atomic E-state index is 11.9. The number of amides is 2. The lowest BCUT2D eigenvalue weighted by atomic mass is 10.2. The molecule has 0 radical (unpaired) electrons. The molecule has 2 rings (SSSR count). The van der Waals surface area contributed by atoms with Crippen LogP contribution in [0.4, 0.5) is 5.69 Å². The fourth-order valence-electron chi connectivity index (χ4n) is 2.26. The lowest BCUT2D eigenvalue weighted by Gasteiger charge is -2.11. The van der Waals surface area contributed by atoms with Gasteiger partial charge in [-0.15, -0.1) is 0 Å². The van der Waals surface area contributed by atoms with Crippen LogP contribution < -0.4 is 10.1 Å². The summed E-state index contributed by atoms with van der Waals surface area (Å²) >= 11 is 0. The van der Waals surface area contributed by atoms with Crippen molar-refractivity contribution in [2.45, 2.75) is 13.3 Å². The predicted octanol–water partition coefficient (Wildman–Crippen LogP) is 2.65. The molecule has 0 aromatic heterocycles. The van der Waals surface area contributed by atoms with Gasteiger partial charge >= 0.3 is 5.97 Å². The highest BCUT2D eigenvalue weighted by Gasteiger charge is 2.10. The third-order valence-electron chi connectivity index (χ3n) is 3.78. The molecular weight excluding hydrogens is 360 g/mol. The van der Waals surface area contributed by atoms with Gasteiger partial charge in [0.25, 0.3) is 11.8 Å². The third kappa shape index (κ3) is 6.75. The molecule has 0 spiro atoms. The molecule has 0 fully saturated rings. The molecule has 0 bridgehead atoms. The van der Waals surface area contributed by atoms with Crippen molar-refractivity contribution in [2.75, 3.05) is 32.6 Å². The van der Waals surface area contributed by atoms with Crippen LogP contribution in [-0.2, 0) is 14.3 Å². The van der Waals surface area contributed by atoms with E-state index in [0.717, 1.165) is 5.56 Å². The molecule has 0 aliphatic rings. The van der Waals surface area contributed by atoms with Gasteiger partial charge in [-0.1, -0.05) is 17.7 Å². The van der Waals surface area contributed by atoms with Crippen molar-refractivity contribution in [3.05, 3.63) is 59.7 Å². The van der Waals surface area contributed by atoms with Gasteiger partial charge in [-0.05, 0) is 43.3 Å². The summed E-state index contributed by atoms with van der Waals surface area (Å²) in [6, 6.07) is 14.0. The van der Waals surface area contributed by atoms with E-state index in [2.05, 4.69) is 5.32 Å². The van der Waals surface area contributed by atoms with Crippen molar-refractivity contribution in [1.29, 1.82) is 0 Å². The first kappa shape index (κ1) is 21.0. The molecule has 0 saturated carbocycles. The van der Waals surface area contributed by atoms with E-state index >= 15 is 0 Å². The van der Waals surface area contributed by atoms with Gasteiger partial charge < -0.3 is 19.7 Å². The monoisotopic (exact) mass is 384 g/mol. The van der Waals surface area contributed by atoms with Crippen LogP contribution in [0.25, 0.3) is 0 Å². The Hall–Kier alpha value is -3.35. The number of aryl methyl sites for hydroxylation is 1. The van der Waals surface area contributed by atoms with Gasteiger partial charge in [0.2, 0.25) is 0 Å². The van der Waals surface area contributed by atoms with Gasteiger partial charge in [-0.3, -0.25) is 14.4 Å². The molecule has 28 heavy (non-hydrogen) atoms. The van der Waals surface area contributed by atoms with Crippen LogP contribution in [0.5, 0.6) is 5.75 Å². The second-order valence-electron chi connectivity index (χ2n) is 6.40. The number of anilines is 1. The zero-order valence-electron chi connectivity index (χ0n) is 16.2. The molecule has 2 aromatic carbocycles. The Kier molecular flexibility index (Phi) is 7.56. The number of nitrogens with one attached hydrogen (secondary N) is 1. The van der Waals surface area contributed by atoms with Crippen LogP contribution >= 0.6 is 0 Å². The first-order chi connectivity index (χ1) is 13.3. The summed E-state index contributed by atoms with van der Waals surface area (Å²) < 4.78 is 10.4. The molecule has 0 aliphatic carbocycles. The molecule has 0 heterocycles. The number of hydrogen-bond donors (Lipinski definition) is 1. The molecule has 2 amide bonds. The Balaban J connectivity index is 1.69. The van der Waals surface area contributed by atoms with Gasteiger partial charge in [0.05, 0.1) is 13.0 Å². The fraction of sp³-hybridized carbons (Fsp3) is 0.286. The van der Waals surface area contributed by atoms with Gasteiger partial charge in [-0.25, -0.2) is 0 Å². The standard InChI is InChI=1S/C21H24N2O5/c1-15-4-10-18(11-5-15)27-13-12-20(25)28-14-19(24)22-17-8-6-16(7-9-17)21(26)23(2)3/h4-11H,12-14H2,1-3H3,(H,22,24). The molecule has 0 atom stereocenters. The topological polar surface area (TPSA) is 84.9 Å². The summed E-state index contributed by atoms with van der Waals surface area (Å²) in [5, 5.41) is 2.61. The summed E-state index contributed by atoms with van der Waals surface area (Å²) in [5.41, 5.74) is 2.15. The zero-order valence-corrected chi connectivity index (χ0v) is 16.2. The van der Waals surface area contributed by atoms with E-state index in [-0.39, 0.29) is 25.5 Å². The van der Waals surface area contributed by atoms with E-state index in [9.17, 15) is 14.4 Å². The van der Waals surface area contributed by atoms with Crippen molar-refractivity contribution < 1.29 is 23.9 Å². The van der Waals surface area contributed by atoms with Gasteiger partial charge in [-0.2, -0.15) is 0 Å². The van der Waals surface area contributed by atoms with E-state index in [1.54, 1.807) is 38.4 Å². The van der Waals surface area contributed by atoms with E-state index in [1.807, 2.05) is 31.2 Å². The molecule has 148 valence electrons. The van der Waals surface area contributed by atoms with Crippen LogP contribution in [0.2, 0.25) is 0 Å². The third-order valence-corrected chi connectivity index (χ3v) is 3.78. The number of nitrogens with zero attached hydrogens (tertiary/aromatic N) is 1. The Morgan fingerprint density at radius 2 is 1.61 bits per heavy atom. The minimum atomic E-state index is -0.519. The van der Waals surface area contributed by atoms with Crippen molar-refractivity contribution in [3.8, 4) is 5.75 Å². The quantitative estimate of drug-likeness (QED) is 0.708. The molecule has 7 heteroatoms. The molecular formula is C21H24N2O5. The average Bonchev–Trinajstić information content (AvgIpc) is 2.68. The second kappa shape index (κ2) is 10.1. The van der Waals surface area contributed by atoms with Gasteiger partial charge in [0.15, 0.2) is 6.61 Å². The van der Waals surface area contributed by atoms with Crippen LogP contribution in [0, 0.1) is 6.92 Å². The van der Waals surface area contributed by atoms with Crippen molar-refractivity contribution in [2.24, 2.45) is 0 Å². The number of carbonyl (C=O) groups is 3. The Bertz CT molecular complexity index is 814. The minimum Gasteiger partial charge on any atom is -0.493 e. The lowest BCUT2D eigenvalue weighted by molar-refractivity contribution is -0.147. The summed E-state index contributed by atoms with van der Waals surface area (Å²) in [6.45, 7) is 1.76. The van der Waals surface area contributed by atoms with Crippen LogP contribution in [0.15, 0.2) is 48.5 Å². The highest BCUT2D eigenvalue weighted by molar-refractivity contribution is 5.96. The second-order valence-corrected chi connectivity index (χ2v) is 6.40. The molecule has 2 aromatic rings. The zero-order chi connectivity index (χ0) is 20.5. The molecule has 0 saturated heterocycles. The average molecular weight is 384 g/mol. The Morgan fingerprint density at radius 1 is 0.964 bits per heavy atom. The van der Waals surface area contributed by atoms with Crippen LogP contribution in [0.1, 0.15) is 22.3 Å². The number of ether oxygens (including phenoxy) is 2. The van der Waals surface area contributed by atoms with E-state index < -0.39 is 11.9 Å². The van der Waals surface area contributed by atoms with Crippen molar-refractivity contribution >= 4 is 23.5 Å². The van der Waals surface area contributed by atoms with E-state index in [4.69, 9.17) is 9.47 Å². The highest BCUT2D eigenvalue weighted by Crippen LogP contribution is 2.12. The Morgan fingerprint density at radius 3 is 2.21 bits per heavy atom. The predicted molar refractivity (Wildman–Crippen MR) is 105 cm³/mol. The number of carbonyl (C=O) groups excluding carboxylic acids is 3. The number of benzene rings is 2. The Labute approximate surface area is 164 Å². The smallest absolute Gasteiger partial charge is 0.309 e. The number of esters is 1. The molecule has 0 aliphatic heterocycles. The highest BCUT2D eigenvalue weighted by atomic mass is 16.5. The summed E-state index contributed by atoms with van der Waals surface area (Å²) in [5.74, 6) is -0.430. The lowest BCUT2D eigenvalue weighted by Crippen LogP contribution is -2.22. The SMILES string of the molecule is Cc1ccc(OCCC(=O)OCC(=O)Nc2ccc(C(=O)N(C)C)cc2)cc1. The number of hydrogen-bond acceptors (Lipinski definition) is 5. The fourth-order valence-corrected chi connectivity index (χ4v) is 2.26. The maximum Gasteiger partial charge on any atom is 0.309 e. The van der Waals surface area contributed by atoms with Crippen LogP contribution in [-0.4, -0.2) is 50.0 Å². The van der Waals surface area contributed by atoms with Crippen molar-refractivity contribution in [1.82, 2.24) is 4.90 Å². The summed E-state index contributed by atoms with van der Waals surface area (Å²) in [4.78, 5) is 36.9. The van der Waals surface area contributed by atoms with Gasteiger partial charge in [0.1, 0.15) is 5.75 Å².